The molecular formula is C38H25N3O2. The van der Waals surface area contributed by atoms with E-state index in [2.05, 4.69) is 73.4 Å². The lowest BCUT2D eigenvalue weighted by Gasteiger charge is -2.23. The first-order chi connectivity index (χ1) is 21.1. The molecule has 3 aromatic heterocycles. The van der Waals surface area contributed by atoms with Gasteiger partial charge >= 0.3 is 0 Å². The van der Waals surface area contributed by atoms with Gasteiger partial charge in [-0.05, 0) is 42.0 Å². The van der Waals surface area contributed by atoms with Gasteiger partial charge in [0.15, 0.2) is 11.4 Å². The summed E-state index contributed by atoms with van der Waals surface area (Å²) >= 11 is 0. The van der Waals surface area contributed by atoms with Crippen molar-refractivity contribution in [1.82, 2.24) is 15.0 Å². The van der Waals surface area contributed by atoms with E-state index in [0.29, 0.717) is 11.7 Å². The van der Waals surface area contributed by atoms with Crippen LogP contribution in [0.4, 0.5) is 0 Å². The van der Waals surface area contributed by atoms with Crippen LogP contribution in [0.15, 0.2) is 124 Å². The molecule has 0 fully saturated rings. The molecule has 9 rings (SSSR count). The number of hydrogen-bond acceptors (Lipinski definition) is 5. The molecule has 0 amide bonds. The summed E-state index contributed by atoms with van der Waals surface area (Å²) in [4.78, 5) is 15.2. The largest absolute Gasteiger partial charge is 0.455 e. The molecular weight excluding hydrogens is 530 g/mol. The van der Waals surface area contributed by atoms with Crippen LogP contribution >= 0.6 is 0 Å². The Balaban J connectivity index is 1.27. The van der Waals surface area contributed by atoms with E-state index in [-0.39, 0.29) is 5.41 Å². The molecule has 0 bridgehead atoms. The molecule has 204 valence electrons. The van der Waals surface area contributed by atoms with Crippen molar-refractivity contribution in [3.8, 4) is 45.4 Å². The number of hydrogen-bond donors (Lipinski definition) is 0. The lowest BCUT2D eigenvalue weighted by atomic mass is 9.80. The average Bonchev–Trinajstić information content (AvgIpc) is 3.72. The van der Waals surface area contributed by atoms with E-state index in [0.717, 1.165) is 72.2 Å². The summed E-state index contributed by atoms with van der Waals surface area (Å²) in [5.41, 5.74) is 11.2. The number of aromatic nitrogens is 3. The predicted molar refractivity (Wildman–Crippen MR) is 171 cm³/mol. The van der Waals surface area contributed by atoms with Gasteiger partial charge in [-0.1, -0.05) is 92.7 Å². The minimum Gasteiger partial charge on any atom is -0.455 e. The lowest BCUT2D eigenvalue weighted by Crippen LogP contribution is -2.17. The van der Waals surface area contributed by atoms with E-state index < -0.39 is 0 Å². The van der Waals surface area contributed by atoms with Crippen molar-refractivity contribution >= 4 is 33.0 Å². The van der Waals surface area contributed by atoms with Gasteiger partial charge < -0.3 is 8.83 Å². The maximum absolute atomic E-state index is 6.50. The number of oxazole rings is 1. The molecule has 5 heteroatoms. The fourth-order valence-electron chi connectivity index (χ4n) is 6.63. The van der Waals surface area contributed by atoms with Crippen LogP contribution in [-0.2, 0) is 5.41 Å². The van der Waals surface area contributed by atoms with E-state index in [4.69, 9.17) is 18.8 Å². The van der Waals surface area contributed by atoms with E-state index in [9.17, 15) is 0 Å². The Labute approximate surface area is 247 Å². The number of furan rings is 1. The monoisotopic (exact) mass is 555 g/mol. The van der Waals surface area contributed by atoms with Crippen LogP contribution < -0.4 is 0 Å². The van der Waals surface area contributed by atoms with Crippen LogP contribution in [0.5, 0.6) is 0 Å². The van der Waals surface area contributed by atoms with E-state index >= 15 is 0 Å². The van der Waals surface area contributed by atoms with Crippen LogP contribution in [0.1, 0.15) is 25.0 Å². The quantitative estimate of drug-likeness (QED) is 0.217. The maximum atomic E-state index is 6.50. The molecule has 0 atom stereocenters. The zero-order valence-corrected chi connectivity index (χ0v) is 23.6. The molecule has 1 aliphatic carbocycles. The maximum Gasteiger partial charge on any atom is 0.227 e. The van der Waals surface area contributed by atoms with Crippen LogP contribution in [0, 0.1) is 0 Å². The van der Waals surface area contributed by atoms with Crippen LogP contribution in [0.2, 0.25) is 0 Å². The molecule has 0 unspecified atom stereocenters. The smallest absolute Gasteiger partial charge is 0.227 e. The van der Waals surface area contributed by atoms with Gasteiger partial charge in [-0.15, -0.1) is 0 Å². The summed E-state index contributed by atoms with van der Waals surface area (Å²) in [7, 11) is 0. The lowest BCUT2D eigenvalue weighted by molar-refractivity contribution is 0.620. The van der Waals surface area contributed by atoms with Gasteiger partial charge in [-0.3, -0.25) is 0 Å². The number of para-hydroxylation sites is 4. The van der Waals surface area contributed by atoms with E-state index in [1.165, 1.54) is 5.56 Å². The van der Waals surface area contributed by atoms with E-state index in [1.807, 2.05) is 60.7 Å². The second-order valence-electron chi connectivity index (χ2n) is 11.6. The summed E-state index contributed by atoms with van der Waals surface area (Å²) < 4.78 is 12.5. The molecule has 0 N–H and O–H groups in total. The Morgan fingerprint density at radius 3 is 2.02 bits per heavy atom. The zero-order chi connectivity index (χ0) is 28.7. The van der Waals surface area contributed by atoms with Gasteiger partial charge in [0.2, 0.25) is 5.89 Å². The number of fused-ring (bicyclic) bond motifs is 7. The second-order valence-corrected chi connectivity index (χ2v) is 11.6. The molecule has 1 aliphatic rings. The minimum absolute atomic E-state index is 0.287. The van der Waals surface area contributed by atoms with Crippen LogP contribution in [0.3, 0.4) is 0 Å². The third-order valence-corrected chi connectivity index (χ3v) is 8.73. The summed E-state index contributed by atoms with van der Waals surface area (Å²) in [5.74, 6) is 1.26. The fraction of sp³-hybridized carbons (Fsp3) is 0.0789. The fourth-order valence-corrected chi connectivity index (χ4v) is 6.63. The van der Waals surface area contributed by atoms with Gasteiger partial charge in [-0.25, -0.2) is 15.0 Å². The Kier molecular flexibility index (Phi) is 4.89. The first kappa shape index (κ1) is 24.1. The van der Waals surface area contributed by atoms with E-state index in [1.54, 1.807) is 0 Å². The molecule has 5 nitrogen and oxygen atoms in total. The zero-order valence-electron chi connectivity index (χ0n) is 23.6. The van der Waals surface area contributed by atoms with Gasteiger partial charge in [0.1, 0.15) is 16.7 Å². The molecule has 0 aliphatic heterocycles. The first-order valence-corrected chi connectivity index (χ1v) is 14.5. The topological polar surface area (TPSA) is 65.0 Å². The molecule has 43 heavy (non-hydrogen) atoms. The SMILES string of the molecule is CC1(C)c2ccccc2-c2nc(-c3ccc(-c4nc5ccccc5o4)cc3)nc(-c3cccc4c3oc3ccccc34)c21. The Morgan fingerprint density at radius 1 is 0.535 bits per heavy atom. The molecule has 0 saturated heterocycles. The highest BCUT2D eigenvalue weighted by Crippen LogP contribution is 2.52. The molecule has 8 aromatic rings. The standard InChI is InChI=1S/C38H25N3O2/c1-38(2)28-14-5-3-11-26(28)33-32(38)34(27-13-9-12-25-24-10-4-7-16-30(24)42-35(25)27)41-36(40-33)22-18-20-23(21-19-22)37-39-29-15-6-8-17-31(29)43-37/h3-21H,1-2H3. The molecule has 0 saturated carbocycles. The number of nitrogens with zero attached hydrogens (tertiary/aromatic N) is 3. The second kappa shape index (κ2) is 8.73. The van der Waals surface area contributed by atoms with Gasteiger partial charge in [-0.2, -0.15) is 0 Å². The minimum atomic E-state index is -0.287. The molecule has 5 aromatic carbocycles. The molecule has 0 radical (unpaired) electrons. The average molecular weight is 556 g/mol. The van der Waals surface area contributed by atoms with Crippen LogP contribution in [-0.4, -0.2) is 15.0 Å². The van der Waals surface area contributed by atoms with Crippen molar-refractivity contribution in [2.75, 3.05) is 0 Å². The summed E-state index contributed by atoms with van der Waals surface area (Å²) in [5, 5.41) is 2.18. The first-order valence-electron chi connectivity index (χ1n) is 14.5. The van der Waals surface area contributed by atoms with Gasteiger partial charge in [0.05, 0.1) is 11.4 Å². The summed E-state index contributed by atoms with van der Waals surface area (Å²) in [6, 6.07) is 39.0. The third-order valence-electron chi connectivity index (χ3n) is 8.73. The highest BCUT2D eigenvalue weighted by atomic mass is 16.3. The molecule has 3 heterocycles. The van der Waals surface area contributed by atoms with Crippen molar-refractivity contribution in [1.29, 1.82) is 0 Å². The number of benzene rings is 5. The normalized spacial score (nSPS) is 13.5. The van der Waals surface area contributed by atoms with Gasteiger partial charge in [0.25, 0.3) is 0 Å². The van der Waals surface area contributed by atoms with Crippen molar-refractivity contribution in [3.63, 3.8) is 0 Å². The summed E-state index contributed by atoms with van der Waals surface area (Å²) in [6.45, 7) is 4.52. The number of rotatable bonds is 3. The van der Waals surface area contributed by atoms with Crippen molar-refractivity contribution in [3.05, 3.63) is 126 Å². The van der Waals surface area contributed by atoms with Crippen molar-refractivity contribution in [2.45, 2.75) is 19.3 Å². The predicted octanol–water partition coefficient (Wildman–Crippen LogP) is 9.82. The molecule has 0 spiro atoms. The highest BCUT2D eigenvalue weighted by molar-refractivity contribution is 6.10. The van der Waals surface area contributed by atoms with Crippen molar-refractivity contribution in [2.24, 2.45) is 0 Å². The van der Waals surface area contributed by atoms with Crippen LogP contribution in [0.25, 0.3) is 78.4 Å². The highest BCUT2D eigenvalue weighted by Gasteiger charge is 2.40. The Morgan fingerprint density at radius 2 is 1.19 bits per heavy atom. The Bertz CT molecular complexity index is 2340. The Hall–Kier alpha value is -5.55. The third kappa shape index (κ3) is 3.48. The van der Waals surface area contributed by atoms with Gasteiger partial charge in [0, 0.05) is 44.0 Å². The van der Waals surface area contributed by atoms with Crippen molar-refractivity contribution < 1.29 is 8.83 Å². The summed E-state index contributed by atoms with van der Waals surface area (Å²) in [6.07, 6.45) is 0.